The molecule has 26 heavy (non-hydrogen) atoms. The molecule has 9 heteroatoms. The van der Waals surface area contributed by atoms with Gasteiger partial charge in [0.05, 0.1) is 11.4 Å². The fraction of sp³-hybridized carbons (Fsp3) is 0.0588. The standard InChI is InChI=1S/C17H11N7OS/c1-2-13-16(19-7-1)20-15(25-13)10-26-17-22-21-14-4-3-12(23-24(14)17)11-5-8-18-9-6-11/h1-9H,10H2. The van der Waals surface area contributed by atoms with Crippen molar-refractivity contribution < 1.29 is 4.42 Å². The maximum absolute atomic E-state index is 5.69. The fourth-order valence-corrected chi connectivity index (χ4v) is 3.27. The smallest absolute Gasteiger partial charge is 0.212 e. The van der Waals surface area contributed by atoms with E-state index < -0.39 is 0 Å². The summed E-state index contributed by atoms with van der Waals surface area (Å²) in [5, 5.41) is 13.7. The molecule has 5 heterocycles. The highest BCUT2D eigenvalue weighted by Crippen LogP contribution is 2.24. The minimum absolute atomic E-state index is 0.512. The van der Waals surface area contributed by atoms with Crippen LogP contribution >= 0.6 is 11.8 Å². The van der Waals surface area contributed by atoms with Gasteiger partial charge in [0.15, 0.2) is 16.9 Å². The fourth-order valence-electron chi connectivity index (χ4n) is 2.54. The lowest BCUT2D eigenvalue weighted by molar-refractivity contribution is 0.555. The number of thioether (sulfide) groups is 1. The molecule has 5 rings (SSSR count). The van der Waals surface area contributed by atoms with E-state index >= 15 is 0 Å². The number of pyridine rings is 2. The first-order valence-corrected chi connectivity index (χ1v) is 8.81. The number of rotatable bonds is 4. The van der Waals surface area contributed by atoms with E-state index in [0.717, 1.165) is 11.3 Å². The van der Waals surface area contributed by atoms with E-state index in [1.165, 1.54) is 11.8 Å². The third kappa shape index (κ3) is 2.68. The van der Waals surface area contributed by atoms with Crippen LogP contribution in [0.15, 0.2) is 64.6 Å². The summed E-state index contributed by atoms with van der Waals surface area (Å²) < 4.78 is 7.42. The van der Waals surface area contributed by atoms with Crippen molar-refractivity contribution in [2.75, 3.05) is 0 Å². The second kappa shape index (κ2) is 6.19. The van der Waals surface area contributed by atoms with E-state index in [-0.39, 0.29) is 0 Å². The summed E-state index contributed by atoms with van der Waals surface area (Å²) in [6, 6.07) is 11.3. The Labute approximate surface area is 151 Å². The first-order chi connectivity index (χ1) is 12.9. The highest BCUT2D eigenvalue weighted by molar-refractivity contribution is 7.98. The van der Waals surface area contributed by atoms with Gasteiger partial charge in [0.1, 0.15) is 0 Å². The maximum atomic E-state index is 5.69. The van der Waals surface area contributed by atoms with Crippen LogP contribution in [0.3, 0.4) is 0 Å². The number of oxazole rings is 1. The molecule has 0 N–H and O–H groups in total. The topological polar surface area (TPSA) is 94.9 Å². The van der Waals surface area contributed by atoms with Crippen molar-refractivity contribution in [2.24, 2.45) is 0 Å². The lowest BCUT2D eigenvalue weighted by Gasteiger charge is -2.02. The van der Waals surface area contributed by atoms with Crippen LogP contribution in [0.25, 0.3) is 28.1 Å². The summed E-state index contributed by atoms with van der Waals surface area (Å²) in [4.78, 5) is 12.6. The third-order valence-electron chi connectivity index (χ3n) is 3.74. The molecule has 0 bridgehead atoms. The Hall–Kier alpha value is -3.33. The summed E-state index contributed by atoms with van der Waals surface area (Å²) in [6.07, 6.45) is 5.17. The maximum Gasteiger partial charge on any atom is 0.212 e. The van der Waals surface area contributed by atoms with Crippen molar-refractivity contribution in [3.63, 3.8) is 0 Å². The molecule has 0 fully saturated rings. The molecule has 5 aromatic rings. The largest absolute Gasteiger partial charge is 0.438 e. The molecule has 0 amide bonds. The molecule has 5 aromatic heterocycles. The van der Waals surface area contributed by atoms with Crippen molar-refractivity contribution in [3.05, 3.63) is 60.9 Å². The molecule has 0 unspecified atom stereocenters. The summed E-state index contributed by atoms with van der Waals surface area (Å²) in [5.41, 5.74) is 3.77. The van der Waals surface area contributed by atoms with Crippen LogP contribution < -0.4 is 0 Å². The lowest BCUT2D eigenvalue weighted by Crippen LogP contribution is -1.96. The number of hydrogen-bond acceptors (Lipinski definition) is 8. The van der Waals surface area contributed by atoms with Gasteiger partial charge in [-0.15, -0.1) is 10.2 Å². The van der Waals surface area contributed by atoms with Crippen molar-refractivity contribution >= 4 is 28.6 Å². The van der Waals surface area contributed by atoms with Gasteiger partial charge in [0, 0.05) is 24.2 Å². The Bertz CT molecular complexity index is 1170. The van der Waals surface area contributed by atoms with E-state index in [4.69, 9.17) is 4.42 Å². The highest BCUT2D eigenvalue weighted by Gasteiger charge is 2.12. The molecule has 0 aliphatic heterocycles. The highest BCUT2D eigenvalue weighted by atomic mass is 32.2. The predicted octanol–water partition coefficient (Wildman–Crippen LogP) is 3.01. The summed E-state index contributed by atoms with van der Waals surface area (Å²) in [5.74, 6) is 1.10. The lowest BCUT2D eigenvalue weighted by atomic mass is 10.2. The number of hydrogen-bond donors (Lipinski definition) is 0. The van der Waals surface area contributed by atoms with Crippen molar-refractivity contribution in [1.29, 1.82) is 0 Å². The quantitative estimate of drug-likeness (QED) is 0.451. The van der Waals surface area contributed by atoms with E-state index in [2.05, 4.69) is 30.2 Å². The minimum atomic E-state index is 0.512. The SMILES string of the molecule is c1cnc2nc(CSc3nnc4ccc(-c5ccncc5)nn34)oc2c1. The van der Waals surface area contributed by atoms with Crippen LogP contribution in [-0.4, -0.2) is 34.8 Å². The van der Waals surface area contributed by atoms with Crippen LogP contribution in [0.4, 0.5) is 0 Å². The molecule has 0 aliphatic carbocycles. The summed E-state index contributed by atoms with van der Waals surface area (Å²) in [6.45, 7) is 0. The van der Waals surface area contributed by atoms with E-state index in [9.17, 15) is 0 Å². The zero-order valence-corrected chi connectivity index (χ0v) is 14.2. The van der Waals surface area contributed by atoms with Crippen molar-refractivity contribution in [1.82, 2.24) is 34.8 Å². The minimum Gasteiger partial charge on any atom is -0.438 e. The summed E-state index contributed by atoms with van der Waals surface area (Å²) >= 11 is 1.46. The first kappa shape index (κ1) is 15.0. The van der Waals surface area contributed by atoms with Crippen LogP contribution in [0, 0.1) is 0 Å². The van der Waals surface area contributed by atoms with E-state index in [1.54, 1.807) is 23.1 Å². The Morgan fingerprint density at radius 3 is 2.81 bits per heavy atom. The Morgan fingerprint density at radius 1 is 1.00 bits per heavy atom. The predicted molar refractivity (Wildman–Crippen MR) is 95.4 cm³/mol. The average molecular weight is 361 g/mol. The Kier molecular flexibility index (Phi) is 3.56. The van der Waals surface area contributed by atoms with Gasteiger partial charge in [-0.2, -0.15) is 14.6 Å². The van der Waals surface area contributed by atoms with Gasteiger partial charge in [-0.25, -0.2) is 4.98 Å². The van der Waals surface area contributed by atoms with Gasteiger partial charge < -0.3 is 4.42 Å². The van der Waals surface area contributed by atoms with Crippen LogP contribution in [-0.2, 0) is 5.75 Å². The summed E-state index contributed by atoms with van der Waals surface area (Å²) in [7, 11) is 0. The molecular weight excluding hydrogens is 350 g/mol. The number of fused-ring (bicyclic) bond motifs is 2. The molecule has 0 spiro atoms. The van der Waals surface area contributed by atoms with Crippen molar-refractivity contribution in [3.8, 4) is 11.3 Å². The third-order valence-corrected chi connectivity index (χ3v) is 4.65. The van der Waals surface area contributed by atoms with E-state index in [0.29, 0.717) is 33.7 Å². The monoisotopic (exact) mass is 361 g/mol. The van der Waals surface area contributed by atoms with Gasteiger partial charge in [-0.1, -0.05) is 11.8 Å². The van der Waals surface area contributed by atoms with Gasteiger partial charge >= 0.3 is 0 Å². The average Bonchev–Trinajstić information content (AvgIpc) is 3.30. The Balaban J connectivity index is 1.45. The van der Waals surface area contributed by atoms with Crippen LogP contribution in [0.5, 0.6) is 0 Å². The Morgan fingerprint density at radius 2 is 1.92 bits per heavy atom. The van der Waals surface area contributed by atoms with Crippen molar-refractivity contribution in [2.45, 2.75) is 10.9 Å². The molecule has 0 saturated heterocycles. The molecule has 0 saturated carbocycles. The first-order valence-electron chi connectivity index (χ1n) is 7.83. The second-order valence-electron chi connectivity index (χ2n) is 5.43. The van der Waals surface area contributed by atoms with Gasteiger partial charge in [-0.05, 0) is 36.4 Å². The van der Waals surface area contributed by atoms with Gasteiger partial charge in [0.2, 0.25) is 11.0 Å². The van der Waals surface area contributed by atoms with Gasteiger partial charge in [0.25, 0.3) is 0 Å². The van der Waals surface area contributed by atoms with E-state index in [1.807, 2.05) is 36.4 Å². The zero-order chi connectivity index (χ0) is 17.3. The zero-order valence-electron chi connectivity index (χ0n) is 13.4. The molecule has 0 aromatic carbocycles. The molecule has 126 valence electrons. The van der Waals surface area contributed by atoms with Crippen LogP contribution in [0.1, 0.15) is 5.89 Å². The molecular formula is C17H11N7OS. The number of nitrogens with zero attached hydrogens (tertiary/aromatic N) is 7. The second-order valence-corrected chi connectivity index (χ2v) is 6.37. The molecule has 0 aliphatic rings. The molecule has 0 radical (unpaired) electrons. The molecule has 0 atom stereocenters. The van der Waals surface area contributed by atoms with Crippen LogP contribution in [0.2, 0.25) is 0 Å². The normalized spacial score (nSPS) is 11.4. The molecule has 8 nitrogen and oxygen atoms in total. The number of aromatic nitrogens is 7. The van der Waals surface area contributed by atoms with Gasteiger partial charge in [-0.3, -0.25) is 4.98 Å².